The van der Waals surface area contributed by atoms with Crippen molar-refractivity contribution in [3.8, 4) is 11.5 Å². The van der Waals surface area contributed by atoms with Crippen molar-refractivity contribution in [2.24, 2.45) is 0 Å². The average molecular weight is 340 g/mol. The lowest BCUT2D eigenvalue weighted by Gasteiger charge is -2.26. The first-order valence-corrected chi connectivity index (χ1v) is 8.52. The molecule has 5 nitrogen and oxygen atoms in total. The number of benzene rings is 2. The number of amides is 1. The summed E-state index contributed by atoms with van der Waals surface area (Å²) in [6, 6.07) is 15.5. The molecular weight excluding hydrogens is 316 g/mol. The Hall–Kier alpha value is -2.53. The van der Waals surface area contributed by atoms with Crippen LogP contribution in [0.25, 0.3) is 0 Å². The number of anilines is 1. The maximum atomic E-state index is 12.4. The van der Waals surface area contributed by atoms with Crippen LogP contribution < -0.4 is 14.8 Å². The van der Waals surface area contributed by atoms with Gasteiger partial charge in [-0.1, -0.05) is 18.2 Å². The fraction of sp³-hybridized carbons (Fsp3) is 0.350. The first-order chi connectivity index (χ1) is 12.2. The van der Waals surface area contributed by atoms with Gasteiger partial charge in [0, 0.05) is 17.3 Å². The van der Waals surface area contributed by atoms with Gasteiger partial charge >= 0.3 is 0 Å². The molecule has 1 atom stereocenters. The van der Waals surface area contributed by atoms with Crippen molar-refractivity contribution in [3.63, 3.8) is 0 Å². The molecule has 25 heavy (non-hydrogen) atoms. The van der Waals surface area contributed by atoms with Crippen LogP contribution in [0.5, 0.6) is 11.5 Å². The van der Waals surface area contributed by atoms with E-state index in [0.717, 1.165) is 42.1 Å². The molecule has 0 saturated carbocycles. The molecule has 1 fully saturated rings. The first-order valence-electron chi connectivity index (χ1n) is 8.52. The van der Waals surface area contributed by atoms with E-state index in [-0.39, 0.29) is 11.9 Å². The van der Waals surface area contributed by atoms with Crippen LogP contribution in [0.15, 0.2) is 48.5 Å². The molecule has 1 amide bonds. The normalized spacial score (nSPS) is 17.3. The van der Waals surface area contributed by atoms with Gasteiger partial charge in [0.15, 0.2) is 0 Å². The number of ether oxygens (including phenoxy) is 2. The predicted octanol–water partition coefficient (Wildman–Crippen LogP) is 3.48. The Balaban J connectivity index is 1.73. The molecule has 2 aromatic rings. The van der Waals surface area contributed by atoms with E-state index in [1.165, 1.54) is 0 Å². The van der Waals surface area contributed by atoms with Gasteiger partial charge in [0.25, 0.3) is 0 Å². The fourth-order valence-corrected chi connectivity index (χ4v) is 3.37. The van der Waals surface area contributed by atoms with E-state index >= 15 is 0 Å². The minimum atomic E-state index is -0.0000343. The van der Waals surface area contributed by atoms with Crippen molar-refractivity contribution in [2.75, 3.05) is 32.6 Å². The molecular formula is C20H24N2O3. The van der Waals surface area contributed by atoms with Crippen LogP contribution in [0, 0.1) is 0 Å². The number of hydrogen-bond acceptors (Lipinski definition) is 4. The number of carbonyl (C=O) groups is 1. The lowest BCUT2D eigenvalue weighted by Crippen LogP contribution is -2.33. The zero-order valence-electron chi connectivity index (χ0n) is 14.7. The highest BCUT2D eigenvalue weighted by Gasteiger charge is 2.30. The number of nitrogens with zero attached hydrogens (tertiary/aromatic N) is 1. The molecule has 2 aromatic carbocycles. The summed E-state index contributed by atoms with van der Waals surface area (Å²) >= 11 is 0. The minimum absolute atomic E-state index is 0.0000343. The largest absolute Gasteiger partial charge is 0.497 e. The van der Waals surface area contributed by atoms with Crippen molar-refractivity contribution in [1.82, 2.24) is 4.90 Å². The molecule has 0 radical (unpaired) electrons. The summed E-state index contributed by atoms with van der Waals surface area (Å²) in [6.45, 7) is 1.26. The number of methoxy groups -OCH3 is 2. The number of hydrogen-bond donors (Lipinski definition) is 1. The minimum Gasteiger partial charge on any atom is -0.497 e. The summed E-state index contributed by atoms with van der Waals surface area (Å²) in [5.41, 5.74) is 1.90. The molecule has 1 unspecified atom stereocenters. The molecule has 1 N–H and O–H groups in total. The van der Waals surface area contributed by atoms with E-state index in [9.17, 15) is 4.79 Å². The Morgan fingerprint density at radius 3 is 2.68 bits per heavy atom. The molecule has 3 rings (SSSR count). The van der Waals surface area contributed by atoms with Crippen molar-refractivity contribution < 1.29 is 14.3 Å². The molecule has 0 spiro atoms. The zero-order chi connectivity index (χ0) is 17.6. The Labute approximate surface area is 148 Å². The van der Waals surface area contributed by atoms with Gasteiger partial charge in [-0.15, -0.1) is 0 Å². The number of likely N-dealkylation sites (tertiary alicyclic amines) is 1. The van der Waals surface area contributed by atoms with Crippen molar-refractivity contribution in [2.45, 2.75) is 18.9 Å². The number of rotatable bonds is 6. The summed E-state index contributed by atoms with van der Waals surface area (Å²) in [7, 11) is 3.33. The summed E-state index contributed by atoms with van der Waals surface area (Å²) in [5.74, 6) is 1.64. The number of para-hydroxylation sites is 1. The third kappa shape index (κ3) is 4.12. The van der Waals surface area contributed by atoms with E-state index in [4.69, 9.17) is 9.47 Å². The van der Waals surface area contributed by atoms with E-state index in [1.54, 1.807) is 14.2 Å². The first kappa shape index (κ1) is 17.3. The molecule has 0 aliphatic carbocycles. The molecule has 1 aliphatic heterocycles. The average Bonchev–Trinajstić information content (AvgIpc) is 3.09. The van der Waals surface area contributed by atoms with Crippen LogP contribution >= 0.6 is 0 Å². The molecule has 1 aliphatic rings. The van der Waals surface area contributed by atoms with Crippen molar-refractivity contribution in [1.29, 1.82) is 0 Å². The SMILES string of the molecule is COc1ccc(OC)c(C2CCCN2CC(=O)Nc2ccccc2)c1. The van der Waals surface area contributed by atoms with Gasteiger partial charge in [0.1, 0.15) is 11.5 Å². The third-order valence-electron chi connectivity index (χ3n) is 4.56. The fourth-order valence-electron chi connectivity index (χ4n) is 3.37. The Morgan fingerprint density at radius 1 is 1.16 bits per heavy atom. The van der Waals surface area contributed by atoms with E-state index in [1.807, 2.05) is 48.5 Å². The molecule has 1 saturated heterocycles. The van der Waals surface area contributed by atoms with E-state index in [0.29, 0.717) is 6.54 Å². The highest BCUT2D eigenvalue weighted by molar-refractivity contribution is 5.92. The molecule has 1 heterocycles. The van der Waals surface area contributed by atoms with Gasteiger partial charge in [-0.3, -0.25) is 9.69 Å². The van der Waals surface area contributed by atoms with Gasteiger partial charge < -0.3 is 14.8 Å². The maximum absolute atomic E-state index is 12.4. The molecule has 5 heteroatoms. The van der Waals surface area contributed by atoms with Gasteiger partial charge in [0.05, 0.1) is 20.8 Å². The predicted molar refractivity (Wildman–Crippen MR) is 98.2 cm³/mol. The summed E-state index contributed by atoms with van der Waals surface area (Å²) in [4.78, 5) is 14.6. The third-order valence-corrected chi connectivity index (χ3v) is 4.56. The van der Waals surface area contributed by atoms with Crippen molar-refractivity contribution >= 4 is 11.6 Å². The second-order valence-electron chi connectivity index (χ2n) is 6.15. The monoisotopic (exact) mass is 340 g/mol. The quantitative estimate of drug-likeness (QED) is 0.875. The van der Waals surface area contributed by atoms with Gasteiger partial charge in [-0.2, -0.15) is 0 Å². The lowest BCUT2D eigenvalue weighted by molar-refractivity contribution is -0.117. The molecule has 0 aromatic heterocycles. The molecule has 132 valence electrons. The van der Waals surface area contributed by atoms with Crippen LogP contribution in [-0.4, -0.2) is 38.1 Å². The number of carbonyl (C=O) groups excluding carboxylic acids is 1. The second-order valence-corrected chi connectivity index (χ2v) is 6.15. The van der Waals surface area contributed by atoms with E-state index < -0.39 is 0 Å². The standard InChI is InChI=1S/C20H24N2O3/c1-24-16-10-11-19(25-2)17(13-16)18-9-6-12-22(18)14-20(23)21-15-7-4-3-5-8-15/h3-5,7-8,10-11,13,18H,6,9,12,14H2,1-2H3,(H,21,23). The topological polar surface area (TPSA) is 50.8 Å². The lowest BCUT2D eigenvalue weighted by atomic mass is 10.0. The number of nitrogens with one attached hydrogen (secondary N) is 1. The highest BCUT2D eigenvalue weighted by atomic mass is 16.5. The molecule has 0 bridgehead atoms. The van der Waals surface area contributed by atoms with Gasteiger partial charge in [-0.25, -0.2) is 0 Å². The van der Waals surface area contributed by atoms with Crippen molar-refractivity contribution in [3.05, 3.63) is 54.1 Å². The Bertz CT molecular complexity index is 718. The van der Waals surface area contributed by atoms with Crippen LogP contribution in [0.1, 0.15) is 24.4 Å². The smallest absolute Gasteiger partial charge is 0.238 e. The second kappa shape index (κ2) is 8.03. The Kier molecular flexibility index (Phi) is 5.56. The van der Waals surface area contributed by atoms with Gasteiger partial charge in [0.2, 0.25) is 5.91 Å². The van der Waals surface area contributed by atoms with Crippen LogP contribution in [-0.2, 0) is 4.79 Å². The summed E-state index contributed by atoms with van der Waals surface area (Å²) in [5, 5.41) is 2.96. The maximum Gasteiger partial charge on any atom is 0.238 e. The zero-order valence-corrected chi connectivity index (χ0v) is 14.7. The van der Waals surface area contributed by atoms with E-state index in [2.05, 4.69) is 10.2 Å². The summed E-state index contributed by atoms with van der Waals surface area (Å²) in [6.07, 6.45) is 2.06. The Morgan fingerprint density at radius 2 is 1.96 bits per heavy atom. The van der Waals surface area contributed by atoms with Gasteiger partial charge in [-0.05, 0) is 49.7 Å². The van der Waals surface area contributed by atoms with Crippen LogP contribution in [0.3, 0.4) is 0 Å². The van der Waals surface area contributed by atoms with Crippen LogP contribution in [0.2, 0.25) is 0 Å². The van der Waals surface area contributed by atoms with Crippen LogP contribution in [0.4, 0.5) is 5.69 Å². The highest BCUT2D eigenvalue weighted by Crippen LogP contribution is 2.38. The summed E-state index contributed by atoms with van der Waals surface area (Å²) < 4.78 is 10.9.